The Morgan fingerprint density at radius 1 is 0.450 bits per heavy atom. The van der Waals surface area contributed by atoms with Gasteiger partial charge in [0.15, 0.2) is 0 Å². The molecule has 0 bridgehead atoms. The highest BCUT2D eigenvalue weighted by Gasteiger charge is 2.13. The molecule has 122 valence electrons. The fourth-order valence-corrected chi connectivity index (χ4v) is 7.20. The minimum atomic E-state index is 0.0497. The highest BCUT2D eigenvalue weighted by molar-refractivity contribution is 7.61. The van der Waals surface area contributed by atoms with E-state index < -0.39 is 0 Å². The maximum atomic E-state index is 5.23. The largest absolute Gasteiger partial charge is 0.384 e. The Balaban J connectivity index is 4.05. The summed E-state index contributed by atoms with van der Waals surface area (Å²) in [5.74, 6) is 0. The predicted molar refractivity (Wildman–Crippen MR) is 90.5 cm³/mol. The summed E-state index contributed by atoms with van der Waals surface area (Å²) in [7, 11) is 7.24. The zero-order valence-corrected chi connectivity index (χ0v) is 15.4. The second-order valence-corrected chi connectivity index (χ2v) is 10.0. The minimum Gasteiger partial charge on any atom is -0.384 e. The first kappa shape index (κ1) is 20.7. The first-order valence-corrected chi connectivity index (χ1v) is 11.0. The van der Waals surface area contributed by atoms with Crippen LogP contribution in [0.25, 0.3) is 0 Å². The van der Waals surface area contributed by atoms with E-state index in [0.717, 1.165) is 26.4 Å². The maximum absolute atomic E-state index is 5.23. The van der Waals surface area contributed by atoms with Crippen molar-refractivity contribution in [2.75, 3.05) is 91.8 Å². The van der Waals surface area contributed by atoms with Crippen molar-refractivity contribution in [3.05, 3.63) is 0 Å². The third kappa shape index (κ3) is 12.4. The van der Waals surface area contributed by atoms with E-state index in [0.29, 0.717) is 0 Å². The lowest BCUT2D eigenvalue weighted by Crippen LogP contribution is -2.10. The SMILES string of the molecule is COCCP(CCOC)CCP(CCOC)CCOC. The molecule has 0 fully saturated rings. The van der Waals surface area contributed by atoms with Gasteiger partial charge in [0.05, 0.1) is 26.4 Å². The van der Waals surface area contributed by atoms with Crippen LogP contribution in [0, 0.1) is 0 Å². The summed E-state index contributed by atoms with van der Waals surface area (Å²) in [6, 6.07) is 0. The minimum absolute atomic E-state index is 0.0497. The number of rotatable bonds is 15. The molecule has 0 saturated heterocycles. The van der Waals surface area contributed by atoms with Gasteiger partial charge >= 0.3 is 0 Å². The molecule has 0 aliphatic heterocycles. The van der Waals surface area contributed by atoms with Gasteiger partial charge in [0.2, 0.25) is 0 Å². The van der Waals surface area contributed by atoms with Gasteiger partial charge in [-0.15, -0.1) is 15.8 Å². The monoisotopic (exact) mass is 326 g/mol. The van der Waals surface area contributed by atoms with Gasteiger partial charge in [-0.05, 0) is 37.0 Å². The van der Waals surface area contributed by atoms with Crippen molar-refractivity contribution in [1.29, 1.82) is 0 Å². The lowest BCUT2D eigenvalue weighted by Gasteiger charge is -2.22. The molecule has 0 aliphatic rings. The van der Waals surface area contributed by atoms with Crippen molar-refractivity contribution in [2.24, 2.45) is 0 Å². The van der Waals surface area contributed by atoms with E-state index in [2.05, 4.69) is 0 Å². The van der Waals surface area contributed by atoms with Crippen LogP contribution in [0.15, 0.2) is 0 Å². The Morgan fingerprint density at radius 3 is 0.900 bits per heavy atom. The van der Waals surface area contributed by atoms with Crippen LogP contribution in [0.2, 0.25) is 0 Å². The van der Waals surface area contributed by atoms with Gasteiger partial charge in [0.25, 0.3) is 0 Å². The molecular formula is C14H32O4P2. The van der Waals surface area contributed by atoms with E-state index in [4.69, 9.17) is 18.9 Å². The van der Waals surface area contributed by atoms with Crippen LogP contribution < -0.4 is 0 Å². The molecule has 0 saturated carbocycles. The topological polar surface area (TPSA) is 36.9 Å². The van der Waals surface area contributed by atoms with E-state index >= 15 is 0 Å². The summed E-state index contributed by atoms with van der Waals surface area (Å²) in [5.41, 5.74) is 0. The van der Waals surface area contributed by atoms with Crippen molar-refractivity contribution < 1.29 is 18.9 Å². The Morgan fingerprint density at radius 2 is 0.700 bits per heavy atom. The second kappa shape index (κ2) is 16.1. The molecule has 4 nitrogen and oxygen atoms in total. The molecule has 6 heteroatoms. The van der Waals surface area contributed by atoms with Gasteiger partial charge in [-0.25, -0.2) is 0 Å². The third-order valence-corrected chi connectivity index (χ3v) is 8.50. The average molecular weight is 326 g/mol. The standard InChI is InChI=1S/C14H32O4P2/c1-15-5-9-19(10-6-16-2)13-14-20(11-7-17-3)12-8-18-4/h5-14H2,1-4H3. The first-order chi connectivity index (χ1) is 9.78. The van der Waals surface area contributed by atoms with E-state index in [-0.39, 0.29) is 15.8 Å². The molecule has 0 N–H and O–H groups in total. The molecule has 0 aromatic carbocycles. The first-order valence-electron chi connectivity index (χ1n) is 7.19. The molecule has 0 amide bonds. The van der Waals surface area contributed by atoms with Crippen LogP contribution in [-0.2, 0) is 18.9 Å². The van der Waals surface area contributed by atoms with Crippen LogP contribution >= 0.6 is 15.8 Å². The van der Waals surface area contributed by atoms with E-state index in [1.165, 1.54) is 37.0 Å². The molecule has 0 aromatic heterocycles. The third-order valence-electron chi connectivity index (χ3n) is 3.18. The highest BCUT2D eigenvalue weighted by Crippen LogP contribution is 2.42. The lowest BCUT2D eigenvalue weighted by atomic mass is 10.8. The van der Waals surface area contributed by atoms with Crippen molar-refractivity contribution in [2.45, 2.75) is 0 Å². The van der Waals surface area contributed by atoms with Crippen LogP contribution in [0.5, 0.6) is 0 Å². The summed E-state index contributed by atoms with van der Waals surface area (Å²) >= 11 is 0. The number of hydrogen-bond acceptors (Lipinski definition) is 4. The van der Waals surface area contributed by atoms with E-state index in [9.17, 15) is 0 Å². The van der Waals surface area contributed by atoms with Crippen LogP contribution in [0.4, 0.5) is 0 Å². The zero-order valence-electron chi connectivity index (χ0n) is 13.6. The fourth-order valence-electron chi connectivity index (χ4n) is 1.84. The summed E-state index contributed by atoms with van der Waals surface area (Å²) < 4.78 is 20.9. The zero-order chi connectivity index (χ0) is 15.1. The van der Waals surface area contributed by atoms with Gasteiger partial charge in [0, 0.05) is 28.4 Å². The van der Waals surface area contributed by atoms with Crippen molar-refractivity contribution in [3.63, 3.8) is 0 Å². The molecule has 20 heavy (non-hydrogen) atoms. The van der Waals surface area contributed by atoms with Crippen LogP contribution in [-0.4, -0.2) is 91.8 Å². The number of ether oxygens (including phenoxy) is 4. The molecule has 0 aliphatic carbocycles. The summed E-state index contributed by atoms with van der Waals surface area (Å²) in [4.78, 5) is 0. The molecular weight excluding hydrogens is 294 g/mol. The van der Waals surface area contributed by atoms with Gasteiger partial charge in [0.1, 0.15) is 0 Å². The Labute approximate surface area is 127 Å². The lowest BCUT2D eigenvalue weighted by molar-refractivity contribution is 0.213. The molecule has 0 atom stereocenters. The maximum Gasteiger partial charge on any atom is 0.0501 e. The van der Waals surface area contributed by atoms with Crippen molar-refractivity contribution in [3.8, 4) is 0 Å². The van der Waals surface area contributed by atoms with Crippen LogP contribution in [0.3, 0.4) is 0 Å². The number of hydrogen-bond donors (Lipinski definition) is 0. The second-order valence-electron chi connectivity index (χ2n) is 4.65. The molecule has 0 spiro atoms. The molecule has 0 rings (SSSR count). The predicted octanol–water partition coefficient (Wildman–Crippen LogP) is 2.54. The Bertz CT molecular complexity index is 160. The smallest absolute Gasteiger partial charge is 0.0501 e. The summed E-state index contributed by atoms with van der Waals surface area (Å²) in [6.45, 7) is 3.51. The van der Waals surface area contributed by atoms with E-state index in [1.807, 2.05) is 0 Å². The van der Waals surface area contributed by atoms with E-state index in [1.54, 1.807) is 28.4 Å². The Kier molecular flexibility index (Phi) is 16.6. The molecule has 0 aromatic rings. The summed E-state index contributed by atoms with van der Waals surface area (Å²) in [5, 5.41) is 0. The van der Waals surface area contributed by atoms with Crippen molar-refractivity contribution in [1.82, 2.24) is 0 Å². The van der Waals surface area contributed by atoms with Crippen LogP contribution in [0.1, 0.15) is 0 Å². The summed E-state index contributed by atoms with van der Waals surface area (Å²) in [6.07, 6.45) is 7.47. The molecule has 0 unspecified atom stereocenters. The molecule has 0 heterocycles. The van der Waals surface area contributed by atoms with Gasteiger partial charge in [-0.3, -0.25) is 0 Å². The van der Waals surface area contributed by atoms with Gasteiger partial charge in [-0.1, -0.05) is 0 Å². The van der Waals surface area contributed by atoms with Gasteiger partial charge in [-0.2, -0.15) is 0 Å². The highest BCUT2D eigenvalue weighted by atomic mass is 31.1. The fraction of sp³-hybridized carbons (Fsp3) is 1.00. The average Bonchev–Trinajstić information content (AvgIpc) is 2.48. The number of methoxy groups -OCH3 is 4. The quantitative estimate of drug-likeness (QED) is 0.433. The van der Waals surface area contributed by atoms with Crippen molar-refractivity contribution >= 4 is 15.8 Å². The normalized spacial score (nSPS) is 11.7. The molecule has 0 radical (unpaired) electrons. The Hall–Kier alpha value is 0.700. The van der Waals surface area contributed by atoms with Gasteiger partial charge < -0.3 is 18.9 Å².